The molecule has 1 N–H and O–H groups in total. The fourth-order valence-corrected chi connectivity index (χ4v) is 2.54. The Morgan fingerprint density at radius 3 is 3.00 bits per heavy atom. The Morgan fingerprint density at radius 1 is 1.59 bits per heavy atom. The van der Waals surface area contributed by atoms with Crippen LogP contribution in [-0.4, -0.2) is 16.4 Å². The van der Waals surface area contributed by atoms with Crippen molar-refractivity contribution >= 4 is 38.8 Å². The van der Waals surface area contributed by atoms with Gasteiger partial charge in [0.05, 0.1) is 10.9 Å². The Hall–Kier alpha value is -0.850. The number of benzene rings is 1. The van der Waals surface area contributed by atoms with Crippen molar-refractivity contribution in [3.05, 3.63) is 34.3 Å². The summed E-state index contributed by atoms with van der Waals surface area (Å²) < 4.78 is 0.748. The molecule has 0 aromatic heterocycles. The van der Waals surface area contributed by atoms with Crippen molar-refractivity contribution in [1.29, 1.82) is 0 Å². The Labute approximate surface area is 112 Å². The minimum Gasteiger partial charge on any atom is -0.267 e. The highest BCUT2D eigenvalue weighted by Crippen LogP contribution is 2.21. The van der Waals surface area contributed by atoms with Crippen LogP contribution in [0.2, 0.25) is 0 Å². The number of aliphatic imine (C=N–C) groups is 1. The molecule has 4 nitrogen and oxygen atoms in total. The molecule has 1 atom stereocenters. The fourth-order valence-electron chi connectivity index (χ4n) is 1.31. The summed E-state index contributed by atoms with van der Waals surface area (Å²) in [5, 5.41) is 0.721. The Morgan fingerprint density at radius 2 is 2.35 bits per heavy atom. The molecular formula is C11H11BrN3OS. The molecule has 6 heteroatoms. The Kier molecular flexibility index (Phi) is 4.20. The number of amides is 1. The summed E-state index contributed by atoms with van der Waals surface area (Å²) in [4.78, 5) is 15.9. The minimum absolute atomic E-state index is 0.223. The van der Waals surface area contributed by atoms with Gasteiger partial charge in [-0.1, -0.05) is 30.8 Å². The Bertz CT molecular complexity index is 464. The van der Waals surface area contributed by atoms with Gasteiger partial charge in [0.15, 0.2) is 0 Å². The van der Waals surface area contributed by atoms with Crippen molar-refractivity contribution in [2.24, 2.45) is 4.99 Å². The average Bonchev–Trinajstić information content (AvgIpc) is 2.77. The third-order valence-electron chi connectivity index (χ3n) is 2.22. The van der Waals surface area contributed by atoms with Gasteiger partial charge in [0, 0.05) is 4.47 Å². The van der Waals surface area contributed by atoms with E-state index in [1.807, 2.05) is 18.2 Å². The first-order valence-corrected chi connectivity index (χ1v) is 6.88. The zero-order valence-corrected chi connectivity index (χ0v) is 11.6. The molecule has 1 fully saturated rings. The number of amidine groups is 1. The van der Waals surface area contributed by atoms with Crippen LogP contribution in [0.4, 0.5) is 0 Å². The van der Waals surface area contributed by atoms with Gasteiger partial charge in [-0.25, -0.2) is 0 Å². The zero-order valence-electron chi connectivity index (χ0n) is 9.18. The highest BCUT2D eigenvalue weighted by atomic mass is 79.9. The third-order valence-corrected chi connectivity index (χ3v) is 4.03. The van der Waals surface area contributed by atoms with Crippen LogP contribution in [0.15, 0.2) is 33.7 Å². The summed E-state index contributed by atoms with van der Waals surface area (Å²) in [5.74, 6) is -0.276. The molecule has 1 radical (unpaired) electrons. The van der Waals surface area contributed by atoms with Gasteiger partial charge in [-0.05, 0) is 34.5 Å². The second-order valence-corrected chi connectivity index (χ2v) is 5.46. The van der Waals surface area contributed by atoms with Gasteiger partial charge in [-0.3, -0.25) is 4.79 Å². The molecular weight excluding hydrogens is 302 g/mol. The number of hydrogen-bond donors (Lipinski definition) is 1. The van der Waals surface area contributed by atoms with Crippen molar-refractivity contribution in [3.63, 3.8) is 0 Å². The average molecular weight is 313 g/mol. The second kappa shape index (κ2) is 5.66. The molecule has 1 aliphatic heterocycles. The fraction of sp³-hybridized carbons (Fsp3) is 0.273. The molecule has 89 valence electrons. The van der Waals surface area contributed by atoms with E-state index in [1.165, 1.54) is 11.8 Å². The summed E-state index contributed by atoms with van der Waals surface area (Å²) in [6.45, 7) is 2.05. The number of nitrogens with zero attached hydrogens (tertiary/aromatic N) is 2. The first-order valence-electron chi connectivity index (χ1n) is 5.21. The first kappa shape index (κ1) is 12.6. The van der Waals surface area contributed by atoms with Crippen molar-refractivity contribution < 1.29 is 4.79 Å². The van der Waals surface area contributed by atoms with E-state index in [0.29, 0.717) is 10.7 Å². The number of halogens is 1. The highest BCUT2D eigenvalue weighted by Gasteiger charge is 2.22. The number of carbonyl (C=O) groups excluding carboxylic acids is 1. The maximum Gasteiger partial charge on any atom is 0.280 e. The molecule has 1 saturated heterocycles. The number of thioether (sulfide) groups is 1. The van der Waals surface area contributed by atoms with E-state index in [2.05, 4.69) is 38.7 Å². The van der Waals surface area contributed by atoms with Gasteiger partial charge in [-0.2, -0.15) is 15.8 Å². The predicted molar refractivity (Wildman–Crippen MR) is 72.8 cm³/mol. The van der Waals surface area contributed by atoms with Crippen molar-refractivity contribution in [2.75, 3.05) is 0 Å². The van der Waals surface area contributed by atoms with Gasteiger partial charge >= 0.3 is 0 Å². The van der Waals surface area contributed by atoms with Gasteiger partial charge < -0.3 is 0 Å². The monoisotopic (exact) mass is 312 g/mol. The second-order valence-electron chi connectivity index (χ2n) is 3.44. The lowest BCUT2D eigenvalue weighted by molar-refractivity contribution is 0.100. The number of carbonyl (C=O) groups is 1. The molecule has 2 rings (SSSR count). The molecule has 1 aromatic carbocycles. The van der Waals surface area contributed by atoms with E-state index < -0.39 is 0 Å². The van der Waals surface area contributed by atoms with E-state index in [4.69, 9.17) is 0 Å². The number of nitrogens with one attached hydrogen (secondary N) is 1. The van der Waals surface area contributed by atoms with Gasteiger partial charge in [0.25, 0.3) is 5.91 Å². The van der Waals surface area contributed by atoms with E-state index in [-0.39, 0.29) is 11.3 Å². The van der Waals surface area contributed by atoms with Gasteiger partial charge in [0.1, 0.15) is 0 Å². The van der Waals surface area contributed by atoms with Crippen molar-refractivity contribution in [3.8, 4) is 0 Å². The van der Waals surface area contributed by atoms with Gasteiger partial charge in [-0.15, -0.1) is 0 Å². The third kappa shape index (κ3) is 3.08. The largest absolute Gasteiger partial charge is 0.280 e. The summed E-state index contributed by atoms with van der Waals surface area (Å²) in [6.07, 6.45) is 0.941. The molecule has 17 heavy (non-hydrogen) atoms. The number of hydrogen-bond acceptors (Lipinski definition) is 3. The maximum absolute atomic E-state index is 11.9. The molecule has 1 amide bonds. The summed E-state index contributed by atoms with van der Waals surface area (Å²) in [5.41, 5.74) is 7.48. The lowest BCUT2D eigenvalue weighted by atomic mass is 10.2. The number of rotatable bonds is 2. The lowest BCUT2D eigenvalue weighted by Crippen LogP contribution is -2.24. The van der Waals surface area contributed by atoms with Gasteiger partial charge in [0.2, 0.25) is 5.17 Å². The normalized spacial score (nSPS) is 21.5. The molecule has 0 saturated carbocycles. The summed E-state index contributed by atoms with van der Waals surface area (Å²) in [6, 6.07) is 7.22. The summed E-state index contributed by atoms with van der Waals surface area (Å²) in [7, 11) is 0. The molecule has 1 aromatic rings. The molecule has 1 aliphatic rings. The smallest absolute Gasteiger partial charge is 0.267 e. The van der Waals surface area contributed by atoms with Crippen LogP contribution >= 0.6 is 27.7 Å². The van der Waals surface area contributed by atoms with Crippen molar-refractivity contribution in [2.45, 2.75) is 18.7 Å². The highest BCUT2D eigenvalue weighted by molar-refractivity contribution is 9.10. The quantitative estimate of drug-likeness (QED) is 0.913. The zero-order chi connectivity index (χ0) is 12.3. The minimum atomic E-state index is -0.276. The van der Waals surface area contributed by atoms with Crippen LogP contribution in [0.1, 0.15) is 23.7 Å². The van der Waals surface area contributed by atoms with Crippen molar-refractivity contribution in [1.82, 2.24) is 10.9 Å². The van der Waals surface area contributed by atoms with Crippen LogP contribution in [0, 0.1) is 0 Å². The molecule has 0 aliphatic carbocycles. The van der Waals surface area contributed by atoms with Crippen LogP contribution in [0.5, 0.6) is 0 Å². The van der Waals surface area contributed by atoms with E-state index in [1.54, 1.807) is 6.07 Å². The standard InChI is InChI=1S/C11H11BrN3OS/c1-2-9-14-15-11(17-9)13-10(16)7-5-3-4-6-8(7)12/h3-6,9,14H,2H2,1H3. The maximum atomic E-state index is 11.9. The van der Waals surface area contributed by atoms with Crippen LogP contribution in [-0.2, 0) is 0 Å². The van der Waals surface area contributed by atoms with E-state index >= 15 is 0 Å². The van der Waals surface area contributed by atoms with Crippen LogP contribution in [0.3, 0.4) is 0 Å². The van der Waals surface area contributed by atoms with E-state index in [9.17, 15) is 4.79 Å². The first-order chi connectivity index (χ1) is 8.20. The molecule has 1 unspecified atom stereocenters. The summed E-state index contributed by atoms with van der Waals surface area (Å²) >= 11 is 4.80. The lowest BCUT2D eigenvalue weighted by Gasteiger charge is -1.99. The molecule has 0 bridgehead atoms. The molecule has 0 spiro atoms. The SMILES string of the molecule is CCC1N[N]C(=NC(=O)c2ccccc2Br)S1. The molecule has 1 heterocycles. The topological polar surface area (TPSA) is 55.6 Å². The Balaban J connectivity index is 2.12. The predicted octanol–water partition coefficient (Wildman–Crippen LogP) is 2.54. The van der Waals surface area contributed by atoms with Crippen LogP contribution < -0.4 is 10.9 Å². The van der Waals surface area contributed by atoms with Crippen LogP contribution in [0.25, 0.3) is 0 Å². The van der Waals surface area contributed by atoms with E-state index in [0.717, 1.165) is 10.9 Å².